The molecule has 0 spiro atoms. The number of carbonyl (C=O) groups is 3. The molecule has 0 radical (unpaired) electrons. The quantitative estimate of drug-likeness (QED) is 0.621. The third-order valence-corrected chi connectivity index (χ3v) is 7.57. The summed E-state index contributed by atoms with van der Waals surface area (Å²) < 4.78 is 5.64. The van der Waals surface area contributed by atoms with Crippen LogP contribution in [0.4, 0.5) is 4.79 Å². The number of benzene rings is 2. The van der Waals surface area contributed by atoms with Gasteiger partial charge in [-0.2, -0.15) is 0 Å². The summed E-state index contributed by atoms with van der Waals surface area (Å²) in [5, 5.41) is 12.0. The van der Waals surface area contributed by atoms with Crippen molar-refractivity contribution in [2.24, 2.45) is 17.8 Å². The van der Waals surface area contributed by atoms with E-state index in [0.29, 0.717) is 19.5 Å². The zero-order chi connectivity index (χ0) is 23.8. The normalized spacial score (nSPS) is 23.0. The van der Waals surface area contributed by atoms with Gasteiger partial charge in [0.15, 0.2) is 0 Å². The number of aliphatic carboxylic acids is 1. The van der Waals surface area contributed by atoms with Gasteiger partial charge < -0.3 is 20.1 Å². The fraction of sp³-hybridized carbons (Fsp3) is 0.444. The monoisotopic (exact) mass is 462 g/mol. The summed E-state index contributed by atoms with van der Waals surface area (Å²) in [6, 6.07) is 15.7. The molecular formula is C27H30N2O5. The Morgan fingerprint density at radius 2 is 1.62 bits per heavy atom. The fourth-order valence-corrected chi connectivity index (χ4v) is 5.74. The van der Waals surface area contributed by atoms with Crippen molar-refractivity contribution in [1.82, 2.24) is 10.2 Å². The van der Waals surface area contributed by atoms with E-state index < -0.39 is 18.1 Å². The molecule has 7 nitrogen and oxygen atoms in total. The predicted molar refractivity (Wildman–Crippen MR) is 126 cm³/mol. The summed E-state index contributed by atoms with van der Waals surface area (Å²) in [6.07, 6.45) is 1.65. The van der Waals surface area contributed by atoms with Gasteiger partial charge in [-0.05, 0) is 40.5 Å². The standard InChI is InChI=1S/C27H30N2O5/c1-2-3-12-23(25(30)29-13-20-21(14-29)24(20)26(31)32)28-27(33)34-15-22-18-10-6-4-8-16(18)17-9-5-7-11-19(17)22/h4-11,20-24H,2-3,12-15H2,1H3,(H,28,33)(H,31,32)/t20-,21+,23?,24?. The molecule has 2 amide bonds. The number of unbranched alkanes of at least 4 members (excludes halogenated alkanes) is 1. The van der Waals surface area contributed by atoms with Crippen LogP contribution in [0, 0.1) is 17.8 Å². The Labute approximate surface area is 199 Å². The zero-order valence-electron chi connectivity index (χ0n) is 19.3. The number of nitrogens with zero attached hydrogens (tertiary/aromatic N) is 1. The highest BCUT2D eigenvalue weighted by Gasteiger charge is 2.60. The maximum Gasteiger partial charge on any atom is 0.407 e. The minimum atomic E-state index is -0.776. The fourth-order valence-electron chi connectivity index (χ4n) is 5.74. The number of carboxylic acids is 1. The van der Waals surface area contributed by atoms with E-state index in [1.165, 1.54) is 0 Å². The Bertz CT molecular complexity index is 1060. The van der Waals surface area contributed by atoms with Crippen LogP contribution < -0.4 is 5.32 Å². The Morgan fingerprint density at radius 1 is 1.03 bits per heavy atom. The number of rotatable bonds is 8. The first kappa shape index (κ1) is 22.4. The summed E-state index contributed by atoms with van der Waals surface area (Å²) in [4.78, 5) is 38.8. The number of likely N-dealkylation sites (tertiary alicyclic amines) is 1. The van der Waals surface area contributed by atoms with Gasteiger partial charge in [0.1, 0.15) is 12.6 Å². The first-order valence-corrected chi connectivity index (χ1v) is 12.1. The van der Waals surface area contributed by atoms with Gasteiger partial charge in [0.25, 0.3) is 0 Å². The second-order valence-corrected chi connectivity index (χ2v) is 9.60. The molecule has 0 aromatic heterocycles. The average Bonchev–Trinajstić information content (AvgIpc) is 3.20. The van der Waals surface area contributed by atoms with E-state index in [0.717, 1.165) is 35.1 Å². The van der Waals surface area contributed by atoms with Crippen LogP contribution in [0.5, 0.6) is 0 Å². The molecule has 1 heterocycles. The molecule has 2 fully saturated rings. The van der Waals surface area contributed by atoms with E-state index in [2.05, 4.69) is 29.6 Å². The van der Waals surface area contributed by atoms with Crippen molar-refractivity contribution in [1.29, 1.82) is 0 Å². The van der Waals surface area contributed by atoms with E-state index in [4.69, 9.17) is 4.74 Å². The largest absolute Gasteiger partial charge is 0.481 e. The predicted octanol–water partition coefficient (Wildman–Crippen LogP) is 3.87. The second kappa shape index (κ2) is 9.12. The lowest BCUT2D eigenvalue weighted by Gasteiger charge is -2.26. The lowest BCUT2D eigenvalue weighted by Crippen LogP contribution is -2.49. The number of ether oxygens (including phenoxy) is 1. The topological polar surface area (TPSA) is 95.9 Å². The van der Waals surface area contributed by atoms with Crippen LogP contribution in [0.25, 0.3) is 11.1 Å². The van der Waals surface area contributed by atoms with Crippen molar-refractivity contribution in [3.8, 4) is 11.1 Å². The smallest absolute Gasteiger partial charge is 0.407 e. The number of amides is 2. The molecule has 2 aliphatic carbocycles. The second-order valence-electron chi connectivity index (χ2n) is 9.60. The summed E-state index contributed by atoms with van der Waals surface area (Å²) >= 11 is 0. The molecule has 1 saturated carbocycles. The SMILES string of the molecule is CCCCC(NC(=O)OCC1c2ccccc2-c2ccccc21)C(=O)N1C[C@@H]2C(C(=O)O)[C@@H]2C1. The number of hydrogen-bond donors (Lipinski definition) is 2. The molecule has 2 aromatic carbocycles. The van der Waals surface area contributed by atoms with Crippen LogP contribution >= 0.6 is 0 Å². The summed E-state index contributed by atoms with van der Waals surface area (Å²) in [5.74, 6) is -1.19. The number of fused-ring (bicyclic) bond motifs is 4. The molecule has 34 heavy (non-hydrogen) atoms. The highest BCUT2D eigenvalue weighted by molar-refractivity contribution is 5.87. The molecule has 0 bridgehead atoms. The number of carboxylic acid groups (broad SMARTS) is 1. The van der Waals surface area contributed by atoms with Crippen LogP contribution in [0.1, 0.15) is 43.2 Å². The van der Waals surface area contributed by atoms with Gasteiger partial charge in [0, 0.05) is 19.0 Å². The molecule has 7 heteroatoms. The minimum Gasteiger partial charge on any atom is -0.481 e. The summed E-state index contributed by atoms with van der Waals surface area (Å²) in [6.45, 7) is 3.14. The van der Waals surface area contributed by atoms with Gasteiger partial charge in [-0.15, -0.1) is 0 Å². The third-order valence-electron chi connectivity index (χ3n) is 7.57. The lowest BCUT2D eigenvalue weighted by molar-refractivity contribution is -0.141. The number of carbonyl (C=O) groups excluding carboxylic acids is 2. The number of hydrogen-bond acceptors (Lipinski definition) is 4. The maximum absolute atomic E-state index is 13.1. The van der Waals surface area contributed by atoms with Crippen molar-refractivity contribution < 1.29 is 24.2 Å². The van der Waals surface area contributed by atoms with E-state index >= 15 is 0 Å². The molecular weight excluding hydrogens is 432 g/mol. The maximum atomic E-state index is 13.1. The van der Waals surface area contributed by atoms with Crippen LogP contribution in [-0.2, 0) is 14.3 Å². The van der Waals surface area contributed by atoms with Gasteiger partial charge >= 0.3 is 12.1 Å². The zero-order valence-corrected chi connectivity index (χ0v) is 19.3. The van der Waals surface area contributed by atoms with E-state index in [1.54, 1.807) is 4.90 Å². The summed E-state index contributed by atoms with van der Waals surface area (Å²) in [5.41, 5.74) is 4.60. The van der Waals surface area contributed by atoms with Crippen LogP contribution in [-0.4, -0.2) is 53.7 Å². The molecule has 3 aliphatic rings. The average molecular weight is 463 g/mol. The Kier molecular flexibility index (Phi) is 6.02. The molecule has 4 atom stereocenters. The molecule has 5 rings (SSSR count). The molecule has 2 N–H and O–H groups in total. The van der Waals surface area contributed by atoms with Gasteiger partial charge in [-0.1, -0.05) is 68.3 Å². The molecule has 178 valence electrons. The van der Waals surface area contributed by atoms with Crippen molar-refractivity contribution in [3.63, 3.8) is 0 Å². The van der Waals surface area contributed by atoms with Crippen molar-refractivity contribution in [2.75, 3.05) is 19.7 Å². The number of alkyl carbamates (subject to hydrolysis) is 1. The van der Waals surface area contributed by atoms with Gasteiger partial charge in [0.05, 0.1) is 5.92 Å². The molecule has 1 aliphatic heterocycles. The first-order valence-electron chi connectivity index (χ1n) is 12.1. The molecule has 2 aromatic rings. The Hall–Kier alpha value is -3.35. The minimum absolute atomic E-state index is 0.0402. The van der Waals surface area contributed by atoms with Crippen LogP contribution in [0.15, 0.2) is 48.5 Å². The molecule has 2 unspecified atom stereocenters. The molecule has 1 saturated heterocycles. The van der Waals surface area contributed by atoms with E-state index in [-0.39, 0.29) is 36.2 Å². The summed E-state index contributed by atoms with van der Waals surface area (Å²) in [7, 11) is 0. The van der Waals surface area contributed by atoms with Crippen LogP contribution in [0.3, 0.4) is 0 Å². The van der Waals surface area contributed by atoms with E-state index in [9.17, 15) is 19.5 Å². The first-order chi connectivity index (χ1) is 16.5. The van der Waals surface area contributed by atoms with Gasteiger partial charge in [0.2, 0.25) is 5.91 Å². The van der Waals surface area contributed by atoms with Gasteiger partial charge in [-0.25, -0.2) is 4.79 Å². The lowest BCUT2D eigenvalue weighted by atomic mass is 9.98. The van der Waals surface area contributed by atoms with Gasteiger partial charge in [-0.3, -0.25) is 9.59 Å². The Balaban J connectivity index is 1.21. The van der Waals surface area contributed by atoms with Crippen molar-refractivity contribution in [3.05, 3.63) is 59.7 Å². The highest BCUT2D eigenvalue weighted by atomic mass is 16.5. The van der Waals surface area contributed by atoms with Crippen molar-refractivity contribution in [2.45, 2.75) is 38.1 Å². The van der Waals surface area contributed by atoms with Crippen LogP contribution in [0.2, 0.25) is 0 Å². The number of piperidine rings is 1. The third kappa shape index (κ3) is 4.04. The highest BCUT2D eigenvalue weighted by Crippen LogP contribution is 2.52. The number of nitrogens with one attached hydrogen (secondary N) is 1. The van der Waals surface area contributed by atoms with E-state index in [1.807, 2.05) is 31.2 Å². The Morgan fingerprint density at radius 3 is 2.18 bits per heavy atom. The van der Waals surface area contributed by atoms with Crippen molar-refractivity contribution >= 4 is 18.0 Å².